The molecule has 0 aliphatic carbocycles. The predicted octanol–water partition coefficient (Wildman–Crippen LogP) is 4.16. The number of alkyl halides is 4. The van der Waals surface area contributed by atoms with Crippen LogP contribution >= 0.6 is 0 Å². The summed E-state index contributed by atoms with van der Waals surface area (Å²) in [5, 5.41) is 5.88. The summed E-state index contributed by atoms with van der Waals surface area (Å²) in [6, 6.07) is 5.29. The minimum atomic E-state index is -3.05. The molecule has 0 aliphatic heterocycles. The van der Waals surface area contributed by atoms with Gasteiger partial charge in [-0.15, -0.1) is 0 Å². The van der Waals surface area contributed by atoms with Crippen LogP contribution in [0.1, 0.15) is 54.5 Å². The molecule has 134 valence electrons. The van der Waals surface area contributed by atoms with E-state index in [-0.39, 0.29) is 5.78 Å². The zero-order chi connectivity index (χ0) is 18.7. The molecule has 1 N–H and O–H groups in total. The van der Waals surface area contributed by atoms with Crippen molar-refractivity contribution in [2.45, 2.75) is 32.7 Å². The van der Waals surface area contributed by atoms with E-state index in [0.29, 0.717) is 22.0 Å². The molecule has 0 fully saturated rings. The van der Waals surface area contributed by atoms with Crippen molar-refractivity contribution in [1.82, 2.24) is 9.78 Å². The number of carbonyl (C=O) groups excluding carboxylic acids is 2. The number of hydrogen-bond donors (Lipinski definition) is 1. The van der Waals surface area contributed by atoms with Gasteiger partial charge in [0.15, 0.2) is 5.78 Å². The fraction of sp³-hybridized carbons (Fsp3) is 0.312. The molecule has 9 heteroatoms. The van der Waals surface area contributed by atoms with Crippen LogP contribution in [0, 0.1) is 0 Å². The number of nitrogens with zero attached hydrogens (tertiary/aromatic N) is 2. The van der Waals surface area contributed by atoms with Crippen molar-refractivity contribution in [3.63, 3.8) is 0 Å². The highest BCUT2D eigenvalue weighted by atomic mass is 19.3. The SMILES string of the molecule is CC(=O)c1ccc(NC(=O)C(C)n2nc(C(F)F)cc2C(F)F)cc1. The normalized spacial score (nSPS) is 12.5. The first-order valence-corrected chi connectivity index (χ1v) is 7.28. The van der Waals surface area contributed by atoms with Gasteiger partial charge in [0.05, 0.1) is 0 Å². The molecule has 1 unspecified atom stereocenters. The fourth-order valence-electron chi connectivity index (χ4n) is 2.15. The zero-order valence-corrected chi connectivity index (χ0v) is 13.3. The lowest BCUT2D eigenvalue weighted by atomic mass is 10.1. The molecule has 1 amide bonds. The van der Waals surface area contributed by atoms with E-state index >= 15 is 0 Å². The van der Waals surface area contributed by atoms with E-state index in [1.54, 1.807) is 0 Å². The Morgan fingerprint density at radius 1 is 1.08 bits per heavy atom. The molecule has 1 aromatic carbocycles. The van der Waals surface area contributed by atoms with E-state index in [4.69, 9.17) is 0 Å². The molecule has 0 radical (unpaired) electrons. The summed E-state index contributed by atoms with van der Waals surface area (Å²) in [5.74, 6) is -0.856. The molecule has 1 heterocycles. The van der Waals surface area contributed by atoms with Crippen molar-refractivity contribution in [1.29, 1.82) is 0 Å². The van der Waals surface area contributed by atoms with Crippen molar-refractivity contribution in [3.05, 3.63) is 47.3 Å². The van der Waals surface area contributed by atoms with E-state index in [0.717, 1.165) is 0 Å². The fourth-order valence-corrected chi connectivity index (χ4v) is 2.15. The van der Waals surface area contributed by atoms with Crippen LogP contribution in [-0.2, 0) is 4.79 Å². The summed E-state index contributed by atoms with van der Waals surface area (Å²) in [6.45, 7) is 2.66. The smallest absolute Gasteiger partial charge is 0.282 e. The first-order chi connectivity index (χ1) is 11.7. The van der Waals surface area contributed by atoms with Gasteiger partial charge in [0.25, 0.3) is 12.9 Å². The van der Waals surface area contributed by atoms with Crippen molar-refractivity contribution in [2.24, 2.45) is 0 Å². The van der Waals surface area contributed by atoms with Crippen LogP contribution < -0.4 is 5.32 Å². The van der Waals surface area contributed by atoms with Crippen molar-refractivity contribution >= 4 is 17.4 Å². The van der Waals surface area contributed by atoms with Gasteiger partial charge in [-0.2, -0.15) is 5.10 Å². The van der Waals surface area contributed by atoms with Crippen LogP contribution in [0.5, 0.6) is 0 Å². The lowest BCUT2D eigenvalue weighted by molar-refractivity contribution is -0.119. The third kappa shape index (κ3) is 4.23. The van der Waals surface area contributed by atoms with Crippen LogP contribution in [0.25, 0.3) is 0 Å². The molecule has 25 heavy (non-hydrogen) atoms. The molecule has 0 spiro atoms. The Bertz CT molecular complexity index is 772. The average Bonchev–Trinajstić information content (AvgIpc) is 3.00. The number of nitrogens with one attached hydrogen (secondary N) is 1. The van der Waals surface area contributed by atoms with Gasteiger partial charge in [-0.25, -0.2) is 17.6 Å². The van der Waals surface area contributed by atoms with Gasteiger partial charge in [-0.05, 0) is 44.2 Å². The number of ketones is 1. The Morgan fingerprint density at radius 2 is 1.68 bits per heavy atom. The number of aromatic nitrogens is 2. The summed E-state index contributed by atoms with van der Waals surface area (Å²) in [4.78, 5) is 23.4. The van der Waals surface area contributed by atoms with Crippen LogP contribution in [-0.4, -0.2) is 21.5 Å². The topological polar surface area (TPSA) is 64.0 Å². The third-order valence-corrected chi connectivity index (χ3v) is 3.54. The van der Waals surface area contributed by atoms with Gasteiger partial charge < -0.3 is 5.32 Å². The number of amides is 1. The maximum atomic E-state index is 13.0. The van der Waals surface area contributed by atoms with Gasteiger partial charge in [0, 0.05) is 11.3 Å². The van der Waals surface area contributed by atoms with Crippen LogP contribution in [0.15, 0.2) is 30.3 Å². The Morgan fingerprint density at radius 3 is 2.16 bits per heavy atom. The minimum absolute atomic E-state index is 0.149. The number of hydrogen-bond acceptors (Lipinski definition) is 3. The highest BCUT2D eigenvalue weighted by Gasteiger charge is 2.26. The lowest BCUT2D eigenvalue weighted by Crippen LogP contribution is -2.26. The Hall–Kier alpha value is -2.71. The Labute approximate surface area is 140 Å². The first kappa shape index (κ1) is 18.6. The number of Topliss-reactive ketones (excluding diaryl/α,β-unsaturated/α-hetero) is 1. The molecular weight excluding hydrogens is 342 g/mol. The molecule has 0 saturated heterocycles. The molecular formula is C16H15F4N3O2. The van der Waals surface area contributed by atoms with Gasteiger partial charge >= 0.3 is 0 Å². The largest absolute Gasteiger partial charge is 0.324 e. The van der Waals surface area contributed by atoms with Crippen LogP contribution in [0.4, 0.5) is 23.2 Å². The maximum absolute atomic E-state index is 13.0. The standard InChI is InChI=1S/C16H15F4N3O2/c1-8(23-13(15(19)20)7-12(22-23)14(17)18)16(25)21-11-5-3-10(4-6-11)9(2)24/h3-8,14-15H,1-2H3,(H,21,25). The second-order valence-electron chi connectivity index (χ2n) is 5.34. The monoisotopic (exact) mass is 357 g/mol. The summed E-state index contributed by atoms with van der Waals surface area (Å²) in [7, 11) is 0. The van der Waals surface area contributed by atoms with Gasteiger partial charge in [0.1, 0.15) is 17.4 Å². The molecule has 2 aromatic rings. The van der Waals surface area contributed by atoms with Crippen molar-refractivity contribution < 1.29 is 27.2 Å². The molecule has 1 aromatic heterocycles. The molecule has 0 aliphatic rings. The van der Waals surface area contributed by atoms with Crippen molar-refractivity contribution in [2.75, 3.05) is 5.32 Å². The summed E-state index contributed by atoms with van der Waals surface area (Å²) in [6.07, 6.45) is -6.07. The molecule has 0 saturated carbocycles. The second-order valence-corrected chi connectivity index (χ2v) is 5.34. The van der Waals surface area contributed by atoms with E-state index in [1.807, 2.05) is 0 Å². The highest BCUT2D eigenvalue weighted by molar-refractivity contribution is 5.96. The zero-order valence-electron chi connectivity index (χ0n) is 13.3. The van der Waals surface area contributed by atoms with Crippen LogP contribution in [0.3, 0.4) is 0 Å². The summed E-state index contributed by atoms with van der Waals surface area (Å²) in [5.41, 5.74) is -0.799. The number of carbonyl (C=O) groups is 2. The minimum Gasteiger partial charge on any atom is -0.324 e. The number of halogens is 4. The van der Waals surface area contributed by atoms with E-state index in [9.17, 15) is 27.2 Å². The van der Waals surface area contributed by atoms with E-state index in [1.165, 1.54) is 38.1 Å². The van der Waals surface area contributed by atoms with Crippen LogP contribution in [0.2, 0.25) is 0 Å². The summed E-state index contributed by atoms with van der Waals surface area (Å²) >= 11 is 0. The number of benzene rings is 1. The molecule has 2 rings (SSSR count). The maximum Gasteiger partial charge on any atom is 0.282 e. The average molecular weight is 357 g/mol. The second kappa shape index (κ2) is 7.45. The van der Waals surface area contributed by atoms with Gasteiger partial charge in [-0.3, -0.25) is 14.3 Å². The highest BCUT2D eigenvalue weighted by Crippen LogP contribution is 2.27. The first-order valence-electron chi connectivity index (χ1n) is 7.28. The third-order valence-electron chi connectivity index (χ3n) is 3.54. The molecule has 1 atom stereocenters. The quantitative estimate of drug-likeness (QED) is 0.624. The van der Waals surface area contributed by atoms with Gasteiger partial charge in [0.2, 0.25) is 5.91 Å². The predicted molar refractivity (Wildman–Crippen MR) is 81.9 cm³/mol. The number of rotatable bonds is 6. The van der Waals surface area contributed by atoms with E-state index < -0.39 is 36.2 Å². The summed E-state index contributed by atoms with van der Waals surface area (Å²) < 4.78 is 52.0. The lowest BCUT2D eigenvalue weighted by Gasteiger charge is -2.15. The van der Waals surface area contributed by atoms with Gasteiger partial charge in [-0.1, -0.05) is 0 Å². The van der Waals surface area contributed by atoms with Crippen molar-refractivity contribution in [3.8, 4) is 0 Å². The number of anilines is 1. The molecule has 5 nitrogen and oxygen atoms in total. The van der Waals surface area contributed by atoms with E-state index in [2.05, 4.69) is 10.4 Å². The molecule has 0 bridgehead atoms. The Balaban J connectivity index is 2.20. The Kier molecular flexibility index (Phi) is 5.55.